The summed E-state index contributed by atoms with van der Waals surface area (Å²) < 4.78 is 0. The third-order valence-corrected chi connectivity index (χ3v) is 5.91. The van der Waals surface area contributed by atoms with Crippen LogP contribution in [0.15, 0.2) is 109 Å². The molecule has 0 amide bonds. The van der Waals surface area contributed by atoms with Crippen LogP contribution in [0, 0.1) is 0 Å². The van der Waals surface area contributed by atoms with Crippen LogP contribution >= 0.6 is 0 Å². The lowest BCUT2D eigenvalue weighted by Crippen LogP contribution is -2.35. The first-order chi connectivity index (χ1) is 14.1. The van der Waals surface area contributed by atoms with Gasteiger partial charge in [0, 0.05) is 11.4 Å². The first-order valence-electron chi connectivity index (χ1n) is 9.95. The van der Waals surface area contributed by atoms with E-state index >= 15 is 0 Å². The van der Waals surface area contributed by atoms with E-state index in [-0.39, 0.29) is 11.3 Å². The minimum atomic E-state index is -0.385. The predicted octanol–water partition coefficient (Wildman–Crippen LogP) is 5.99. The predicted molar refractivity (Wildman–Crippen MR) is 123 cm³/mol. The highest BCUT2D eigenvalue weighted by Gasteiger charge is 2.42. The summed E-state index contributed by atoms with van der Waals surface area (Å²) in [6.45, 7) is 2.30. The quantitative estimate of drug-likeness (QED) is 0.331. The number of rotatable bonds is 5. The van der Waals surface area contributed by atoms with Crippen LogP contribution in [0.2, 0.25) is 0 Å². The van der Waals surface area contributed by atoms with E-state index in [4.69, 9.17) is 11.5 Å². The van der Waals surface area contributed by atoms with Crippen molar-refractivity contribution in [2.45, 2.75) is 18.3 Å². The van der Waals surface area contributed by atoms with Crippen LogP contribution in [0.5, 0.6) is 0 Å². The highest BCUT2D eigenvalue weighted by atomic mass is 14.6. The monoisotopic (exact) mass is 378 g/mol. The molecule has 144 valence electrons. The standard InChI is InChI=1S/C27H26N2/c1-20(21-8-4-2-5-9-21)27(22-10-6-3-7-11-22,23-12-16-25(28)17-13-23)24-14-18-26(29)19-15-24/h2-20H,28-29H2,1H3. The average Bonchev–Trinajstić information content (AvgIpc) is 2.78. The first-order valence-corrected chi connectivity index (χ1v) is 9.95. The molecule has 29 heavy (non-hydrogen) atoms. The zero-order valence-corrected chi connectivity index (χ0v) is 16.6. The van der Waals surface area contributed by atoms with E-state index in [0.29, 0.717) is 0 Å². The van der Waals surface area contributed by atoms with Crippen molar-refractivity contribution in [1.82, 2.24) is 0 Å². The Bertz CT molecular complexity index is 1010. The highest BCUT2D eigenvalue weighted by molar-refractivity contribution is 5.57. The minimum absolute atomic E-state index is 0.179. The fourth-order valence-electron chi connectivity index (χ4n) is 4.43. The summed E-state index contributed by atoms with van der Waals surface area (Å²) in [7, 11) is 0. The molecule has 0 spiro atoms. The molecule has 4 rings (SSSR count). The molecule has 0 aliphatic heterocycles. The summed E-state index contributed by atoms with van der Waals surface area (Å²) in [5.41, 5.74) is 18.2. The zero-order chi connectivity index (χ0) is 20.3. The van der Waals surface area contributed by atoms with Gasteiger partial charge in [-0.2, -0.15) is 0 Å². The Morgan fingerprint density at radius 1 is 0.517 bits per heavy atom. The summed E-state index contributed by atoms with van der Waals surface area (Å²) in [6, 6.07) is 37.9. The molecule has 0 fully saturated rings. The van der Waals surface area contributed by atoms with E-state index < -0.39 is 0 Å². The number of hydrogen-bond acceptors (Lipinski definition) is 2. The first kappa shape index (κ1) is 18.8. The summed E-state index contributed by atoms with van der Waals surface area (Å²) in [6.07, 6.45) is 0. The normalized spacial score (nSPS) is 12.4. The van der Waals surface area contributed by atoms with Gasteiger partial charge in [-0.05, 0) is 52.4 Å². The second-order valence-electron chi connectivity index (χ2n) is 7.55. The van der Waals surface area contributed by atoms with Crippen LogP contribution in [0.4, 0.5) is 11.4 Å². The summed E-state index contributed by atoms with van der Waals surface area (Å²) >= 11 is 0. The molecular weight excluding hydrogens is 352 g/mol. The fourth-order valence-corrected chi connectivity index (χ4v) is 4.43. The lowest BCUT2D eigenvalue weighted by Gasteiger charge is -2.41. The molecule has 0 saturated heterocycles. The number of nitrogens with two attached hydrogens (primary N) is 2. The van der Waals surface area contributed by atoms with Crippen molar-refractivity contribution in [3.8, 4) is 0 Å². The van der Waals surface area contributed by atoms with Gasteiger partial charge in [-0.3, -0.25) is 0 Å². The molecule has 0 radical (unpaired) electrons. The summed E-state index contributed by atoms with van der Waals surface area (Å²) in [5, 5.41) is 0. The van der Waals surface area contributed by atoms with Crippen molar-refractivity contribution in [3.05, 3.63) is 131 Å². The third-order valence-electron chi connectivity index (χ3n) is 5.91. The minimum Gasteiger partial charge on any atom is -0.399 e. The van der Waals surface area contributed by atoms with E-state index in [1.807, 2.05) is 24.3 Å². The molecule has 0 aliphatic carbocycles. The van der Waals surface area contributed by atoms with E-state index in [9.17, 15) is 0 Å². The van der Waals surface area contributed by atoms with Crippen molar-refractivity contribution in [2.24, 2.45) is 0 Å². The Kier molecular flexibility index (Phi) is 5.09. The Hall–Kier alpha value is -3.52. The van der Waals surface area contributed by atoms with Gasteiger partial charge in [0.2, 0.25) is 0 Å². The van der Waals surface area contributed by atoms with Crippen LogP contribution in [0.3, 0.4) is 0 Å². The number of hydrogen-bond donors (Lipinski definition) is 2. The van der Waals surface area contributed by atoms with Crippen molar-refractivity contribution < 1.29 is 0 Å². The molecule has 2 nitrogen and oxygen atoms in total. The maximum atomic E-state index is 6.04. The molecule has 1 unspecified atom stereocenters. The molecule has 4 N–H and O–H groups in total. The lowest BCUT2D eigenvalue weighted by molar-refractivity contribution is 0.511. The van der Waals surface area contributed by atoms with Crippen molar-refractivity contribution in [1.29, 1.82) is 0 Å². The molecule has 2 heteroatoms. The molecule has 1 atom stereocenters. The average molecular weight is 379 g/mol. The van der Waals surface area contributed by atoms with E-state index in [1.165, 1.54) is 22.3 Å². The molecule has 4 aromatic carbocycles. The van der Waals surface area contributed by atoms with Crippen molar-refractivity contribution in [3.63, 3.8) is 0 Å². The maximum Gasteiger partial charge on any atom is 0.0517 e. The third kappa shape index (κ3) is 3.38. The van der Waals surface area contributed by atoms with Gasteiger partial charge >= 0.3 is 0 Å². The molecule has 4 aromatic rings. The summed E-state index contributed by atoms with van der Waals surface area (Å²) in [4.78, 5) is 0. The smallest absolute Gasteiger partial charge is 0.0517 e. The van der Waals surface area contributed by atoms with Gasteiger partial charge in [-0.15, -0.1) is 0 Å². The molecule has 0 bridgehead atoms. The second kappa shape index (κ2) is 7.84. The van der Waals surface area contributed by atoms with Gasteiger partial charge in [0.1, 0.15) is 0 Å². The van der Waals surface area contributed by atoms with Gasteiger partial charge in [0.05, 0.1) is 5.41 Å². The Balaban J connectivity index is 2.07. The second-order valence-corrected chi connectivity index (χ2v) is 7.55. The Morgan fingerprint density at radius 2 is 0.897 bits per heavy atom. The zero-order valence-electron chi connectivity index (χ0n) is 16.6. The molecule has 0 heterocycles. The summed E-state index contributed by atoms with van der Waals surface area (Å²) in [5.74, 6) is 0.179. The largest absolute Gasteiger partial charge is 0.399 e. The highest BCUT2D eigenvalue weighted by Crippen LogP contribution is 2.49. The van der Waals surface area contributed by atoms with Gasteiger partial charge < -0.3 is 11.5 Å². The van der Waals surface area contributed by atoms with Crippen molar-refractivity contribution in [2.75, 3.05) is 11.5 Å². The van der Waals surface area contributed by atoms with Gasteiger partial charge in [-0.1, -0.05) is 91.9 Å². The van der Waals surface area contributed by atoms with E-state index in [2.05, 4.69) is 91.9 Å². The number of anilines is 2. The van der Waals surface area contributed by atoms with Gasteiger partial charge in [0.15, 0.2) is 0 Å². The van der Waals surface area contributed by atoms with Crippen molar-refractivity contribution >= 4 is 11.4 Å². The maximum absolute atomic E-state index is 6.04. The lowest BCUT2D eigenvalue weighted by atomic mass is 9.60. The van der Waals surface area contributed by atoms with E-state index in [0.717, 1.165) is 11.4 Å². The fraction of sp³-hybridized carbons (Fsp3) is 0.111. The van der Waals surface area contributed by atoms with Gasteiger partial charge in [-0.25, -0.2) is 0 Å². The van der Waals surface area contributed by atoms with Crippen LogP contribution in [0.1, 0.15) is 35.1 Å². The molecule has 0 saturated carbocycles. The number of benzene rings is 4. The molecule has 0 aliphatic rings. The van der Waals surface area contributed by atoms with Crippen LogP contribution < -0.4 is 11.5 Å². The topological polar surface area (TPSA) is 52.0 Å². The van der Waals surface area contributed by atoms with E-state index in [1.54, 1.807) is 0 Å². The van der Waals surface area contributed by atoms with Crippen LogP contribution in [-0.2, 0) is 5.41 Å². The Morgan fingerprint density at radius 3 is 1.34 bits per heavy atom. The Labute approximate surface area is 172 Å². The van der Waals surface area contributed by atoms with Crippen LogP contribution in [-0.4, -0.2) is 0 Å². The molecule has 0 aromatic heterocycles. The molecular formula is C27H26N2. The van der Waals surface area contributed by atoms with Crippen LogP contribution in [0.25, 0.3) is 0 Å². The number of nitrogen functional groups attached to an aromatic ring is 2. The van der Waals surface area contributed by atoms with Gasteiger partial charge in [0.25, 0.3) is 0 Å². The SMILES string of the molecule is CC(c1ccccc1)C(c1ccccc1)(c1ccc(N)cc1)c1ccc(N)cc1.